The highest BCUT2D eigenvalue weighted by molar-refractivity contribution is 6.34. The molecule has 0 atom stereocenters. The molecule has 0 radical (unpaired) electrons. The standard InChI is InChI=1S/C14H14Cl2N2.ClH/c1-10-12(13(15)7-14(16)18-10)9-17-8-11-5-3-2-4-6-11;/h2-7,17H,8-9H2,1H3;1H. The van der Waals surface area contributed by atoms with Gasteiger partial charge in [-0.1, -0.05) is 53.5 Å². The van der Waals surface area contributed by atoms with Crippen molar-refractivity contribution in [2.24, 2.45) is 0 Å². The van der Waals surface area contributed by atoms with Gasteiger partial charge in [-0.3, -0.25) is 0 Å². The van der Waals surface area contributed by atoms with E-state index in [2.05, 4.69) is 22.4 Å². The van der Waals surface area contributed by atoms with Crippen LogP contribution in [0.3, 0.4) is 0 Å². The Kier molecular flexibility index (Phi) is 6.59. The van der Waals surface area contributed by atoms with Crippen LogP contribution >= 0.6 is 35.6 Å². The molecule has 0 fully saturated rings. The summed E-state index contributed by atoms with van der Waals surface area (Å²) < 4.78 is 0. The maximum Gasteiger partial charge on any atom is 0.130 e. The van der Waals surface area contributed by atoms with Crippen LogP contribution in [0.4, 0.5) is 0 Å². The molecule has 19 heavy (non-hydrogen) atoms. The first-order valence-corrected chi connectivity index (χ1v) is 6.48. The molecule has 5 heteroatoms. The Morgan fingerprint density at radius 2 is 1.79 bits per heavy atom. The molecule has 0 aliphatic heterocycles. The molecule has 2 nitrogen and oxygen atoms in total. The number of benzene rings is 1. The highest BCUT2D eigenvalue weighted by atomic mass is 35.5. The molecule has 1 heterocycles. The molecule has 1 N–H and O–H groups in total. The second kappa shape index (κ2) is 7.71. The summed E-state index contributed by atoms with van der Waals surface area (Å²) in [6, 6.07) is 11.9. The van der Waals surface area contributed by atoms with Crippen molar-refractivity contribution in [3.05, 3.63) is 63.4 Å². The van der Waals surface area contributed by atoms with Crippen molar-refractivity contribution in [3.63, 3.8) is 0 Å². The maximum absolute atomic E-state index is 6.15. The zero-order valence-corrected chi connectivity index (χ0v) is 12.8. The number of hydrogen-bond donors (Lipinski definition) is 1. The van der Waals surface area contributed by atoms with Crippen LogP contribution in [-0.4, -0.2) is 4.98 Å². The van der Waals surface area contributed by atoms with E-state index in [-0.39, 0.29) is 12.4 Å². The lowest BCUT2D eigenvalue weighted by Gasteiger charge is -2.09. The van der Waals surface area contributed by atoms with Crippen molar-refractivity contribution < 1.29 is 0 Å². The zero-order valence-electron chi connectivity index (χ0n) is 10.5. The molecule has 0 saturated heterocycles. The lowest BCUT2D eigenvalue weighted by Crippen LogP contribution is -2.14. The number of pyridine rings is 1. The van der Waals surface area contributed by atoms with Crippen LogP contribution in [-0.2, 0) is 13.1 Å². The van der Waals surface area contributed by atoms with Crippen molar-refractivity contribution in [1.82, 2.24) is 10.3 Å². The second-order valence-electron chi connectivity index (χ2n) is 4.08. The first-order chi connectivity index (χ1) is 8.66. The topological polar surface area (TPSA) is 24.9 Å². The molecule has 1 aromatic heterocycles. The van der Waals surface area contributed by atoms with E-state index >= 15 is 0 Å². The van der Waals surface area contributed by atoms with E-state index in [4.69, 9.17) is 23.2 Å². The van der Waals surface area contributed by atoms with Crippen LogP contribution in [0.1, 0.15) is 16.8 Å². The largest absolute Gasteiger partial charge is 0.308 e. The number of nitrogens with one attached hydrogen (secondary N) is 1. The van der Waals surface area contributed by atoms with Crippen LogP contribution in [0.2, 0.25) is 10.2 Å². The number of hydrogen-bond acceptors (Lipinski definition) is 2. The van der Waals surface area contributed by atoms with Gasteiger partial charge in [-0.25, -0.2) is 4.98 Å². The molecule has 2 aromatic rings. The summed E-state index contributed by atoms with van der Waals surface area (Å²) in [5.41, 5.74) is 3.11. The summed E-state index contributed by atoms with van der Waals surface area (Å²) in [6.07, 6.45) is 0. The summed E-state index contributed by atoms with van der Waals surface area (Å²) in [6.45, 7) is 3.40. The second-order valence-corrected chi connectivity index (χ2v) is 4.87. The van der Waals surface area contributed by atoms with Crippen LogP contribution in [0.15, 0.2) is 36.4 Å². The minimum absolute atomic E-state index is 0. The minimum atomic E-state index is 0. The van der Waals surface area contributed by atoms with E-state index in [1.165, 1.54) is 5.56 Å². The van der Waals surface area contributed by atoms with Gasteiger partial charge >= 0.3 is 0 Å². The lowest BCUT2D eigenvalue weighted by molar-refractivity contribution is 0.688. The Bertz CT molecular complexity index is 506. The van der Waals surface area contributed by atoms with Crippen LogP contribution in [0.25, 0.3) is 0 Å². The van der Waals surface area contributed by atoms with E-state index in [9.17, 15) is 0 Å². The van der Waals surface area contributed by atoms with Gasteiger partial charge in [0.2, 0.25) is 0 Å². The summed E-state index contributed by atoms with van der Waals surface area (Å²) in [5, 5.41) is 4.45. The third kappa shape index (κ3) is 4.66. The Hall–Kier alpha value is -0.800. The van der Waals surface area contributed by atoms with Gasteiger partial charge < -0.3 is 5.32 Å². The average molecular weight is 318 g/mol. The predicted octanol–water partition coefficient (Wildman–Crippen LogP) is 4.41. The Morgan fingerprint density at radius 1 is 1.11 bits per heavy atom. The van der Waals surface area contributed by atoms with Crippen LogP contribution < -0.4 is 5.32 Å². The minimum Gasteiger partial charge on any atom is -0.308 e. The van der Waals surface area contributed by atoms with Gasteiger partial charge in [0.25, 0.3) is 0 Å². The van der Waals surface area contributed by atoms with Crippen molar-refractivity contribution in [2.45, 2.75) is 20.0 Å². The lowest BCUT2D eigenvalue weighted by atomic mass is 10.2. The molecule has 0 unspecified atom stereocenters. The Balaban J connectivity index is 0.00000180. The van der Waals surface area contributed by atoms with E-state index in [0.717, 1.165) is 17.8 Å². The number of nitrogens with zero attached hydrogens (tertiary/aromatic N) is 1. The van der Waals surface area contributed by atoms with Crippen LogP contribution in [0, 0.1) is 6.92 Å². The van der Waals surface area contributed by atoms with Crippen LogP contribution in [0.5, 0.6) is 0 Å². The Labute approximate surface area is 129 Å². The summed E-state index contributed by atoms with van der Waals surface area (Å²) in [5.74, 6) is 0. The zero-order chi connectivity index (χ0) is 13.0. The van der Waals surface area contributed by atoms with Gasteiger partial charge in [0, 0.05) is 29.4 Å². The number of aromatic nitrogens is 1. The monoisotopic (exact) mass is 316 g/mol. The molecular weight excluding hydrogens is 303 g/mol. The van der Waals surface area contributed by atoms with E-state index < -0.39 is 0 Å². The SMILES string of the molecule is Cc1nc(Cl)cc(Cl)c1CNCc1ccccc1.Cl. The molecule has 0 amide bonds. The quantitative estimate of drug-likeness (QED) is 0.845. The fourth-order valence-electron chi connectivity index (χ4n) is 1.76. The smallest absolute Gasteiger partial charge is 0.130 e. The van der Waals surface area contributed by atoms with Gasteiger partial charge in [0.05, 0.1) is 0 Å². The fourth-order valence-corrected chi connectivity index (χ4v) is 2.36. The molecule has 0 saturated carbocycles. The number of rotatable bonds is 4. The molecule has 2 rings (SSSR count). The van der Waals surface area contributed by atoms with Gasteiger partial charge in [0.15, 0.2) is 0 Å². The van der Waals surface area contributed by atoms with E-state index in [1.807, 2.05) is 25.1 Å². The highest BCUT2D eigenvalue weighted by Crippen LogP contribution is 2.22. The van der Waals surface area contributed by atoms with E-state index in [1.54, 1.807) is 6.07 Å². The molecule has 1 aromatic carbocycles. The first kappa shape index (κ1) is 16.3. The first-order valence-electron chi connectivity index (χ1n) is 5.73. The van der Waals surface area contributed by atoms with Gasteiger partial charge in [-0.05, 0) is 18.6 Å². The normalized spacial score (nSPS) is 10.1. The molecular formula is C14H15Cl3N2. The van der Waals surface area contributed by atoms with Crippen molar-refractivity contribution in [2.75, 3.05) is 0 Å². The van der Waals surface area contributed by atoms with Crippen molar-refractivity contribution >= 4 is 35.6 Å². The van der Waals surface area contributed by atoms with Gasteiger partial charge in [-0.15, -0.1) is 12.4 Å². The number of aryl methyl sites for hydroxylation is 1. The van der Waals surface area contributed by atoms with Gasteiger partial charge in [0.1, 0.15) is 5.15 Å². The fraction of sp³-hybridized carbons (Fsp3) is 0.214. The third-order valence-electron chi connectivity index (χ3n) is 2.72. The molecule has 102 valence electrons. The average Bonchev–Trinajstić information content (AvgIpc) is 2.34. The van der Waals surface area contributed by atoms with E-state index in [0.29, 0.717) is 16.7 Å². The predicted molar refractivity (Wildman–Crippen MR) is 83.2 cm³/mol. The van der Waals surface area contributed by atoms with Crippen molar-refractivity contribution in [3.8, 4) is 0 Å². The molecule has 0 aliphatic rings. The van der Waals surface area contributed by atoms with Crippen molar-refractivity contribution in [1.29, 1.82) is 0 Å². The number of halogens is 3. The summed E-state index contributed by atoms with van der Waals surface area (Å²) in [7, 11) is 0. The molecule has 0 bridgehead atoms. The van der Waals surface area contributed by atoms with Gasteiger partial charge in [-0.2, -0.15) is 0 Å². The summed E-state index contributed by atoms with van der Waals surface area (Å²) in [4.78, 5) is 4.20. The highest BCUT2D eigenvalue weighted by Gasteiger charge is 2.06. The molecule has 0 spiro atoms. The molecule has 0 aliphatic carbocycles. The summed E-state index contributed by atoms with van der Waals surface area (Å²) >= 11 is 12.0. The third-order valence-corrected chi connectivity index (χ3v) is 3.25. The maximum atomic E-state index is 6.15. The Morgan fingerprint density at radius 3 is 2.42 bits per heavy atom.